The van der Waals surface area contributed by atoms with Gasteiger partial charge in [0, 0.05) is 6.07 Å². The molecule has 0 saturated heterocycles. The lowest BCUT2D eigenvalue weighted by Crippen LogP contribution is -1.75. The second kappa shape index (κ2) is 2.05. The molecule has 0 unspecified atom stereocenters. The molecular weight excluding hydrogens is 119 g/mol. The molecule has 0 bridgehead atoms. The van der Waals surface area contributed by atoms with Crippen LogP contribution in [0, 0.1) is 5.82 Å². The van der Waals surface area contributed by atoms with Gasteiger partial charge in [0.05, 0.1) is 6.26 Å². The Hall–Kier alpha value is -1.05. The van der Waals surface area contributed by atoms with Crippen molar-refractivity contribution in [2.24, 2.45) is 0 Å². The Balaban J connectivity index is 3.08. The number of hydrogen-bond donors (Lipinski definition) is 0. The molecule has 0 spiro atoms. The first-order chi connectivity index (χ1) is 4.22. The zero-order chi connectivity index (χ0) is 6.85. The van der Waals surface area contributed by atoms with Crippen LogP contribution in [0.5, 0.6) is 0 Å². The number of rotatable bonds is 1. The fourth-order valence-electron chi connectivity index (χ4n) is 0.598. The Labute approximate surface area is 52.8 Å². The smallest absolute Gasteiger partial charge is 0.169 e. The van der Waals surface area contributed by atoms with Crippen molar-refractivity contribution in [2.75, 3.05) is 0 Å². The van der Waals surface area contributed by atoms with Crippen LogP contribution in [0.15, 0.2) is 23.3 Å². The lowest BCUT2D eigenvalue weighted by Gasteiger charge is -1.89. The highest BCUT2D eigenvalue weighted by molar-refractivity contribution is 5.56. The molecule has 0 N–H and O–H groups in total. The van der Waals surface area contributed by atoms with Crippen LogP contribution in [0.25, 0.3) is 5.57 Å². The number of halogens is 1. The van der Waals surface area contributed by atoms with Crippen LogP contribution in [0.4, 0.5) is 4.39 Å². The van der Waals surface area contributed by atoms with Crippen molar-refractivity contribution in [3.63, 3.8) is 0 Å². The molecule has 0 amide bonds. The molecule has 1 heterocycles. The molecule has 2 heteroatoms. The minimum absolute atomic E-state index is 0.245. The highest BCUT2D eigenvalue weighted by atomic mass is 19.1. The average molecular weight is 126 g/mol. The van der Waals surface area contributed by atoms with E-state index >= 15 is 0 Å². The SMILES string of the molecule is C=C(C)c1occc1F. The topological polar surface area (TPSA) is 13.1 Å². The van der Waals surface area contributed by atoms with Gasteiger partial charge in [-0.25, -0.2) is 4.39 Å². The summed E-state index contributed by atoms with van der Waals surface area (Å²) in [6.45, 7) is 5.22. The maximum Gasteiger partial charge on any atom is 0.169 e. The van der Waals surface area contributed by atoms with E-state index in [1.165, 1.54) is 12.3 Å². The lowest BCUT2D eigenvalue weighted by molar-refractivity contribution is 0.517. The van der Waals surface area contributed by atoms with Gasteiger partial charge in [0.25, 0.3) is 0 Å². The summed E-state index contributed by atoms with van der Waals surface area (Å²) in [6.07, 6.45) is 1.30. The quantitative estimate of drug-likeness (QED) is 0.563. The van der Waals surface area contributed by atoms with Crippen molar-refractivity contribution in [3.8, 4) is 0 Å². The molecule has 1 nitrogen and oxygen atoms in total. The minimum Gasteiger partial charge on any atom is -0.462 e. The summed E-state index contributed by atoms with van der Waals surface area (Å²) >= 11 is 0. The van der Waals surface area contributed by atoms with Crippen molar-refractivity contribution in [2.45, 2.75) is 6.92 Å². The van der Waals surface area contributed by atoms with Crippen LogP contribution < -0.4 is 0 Å². The van der Waals surface area contributed by atoms with Crippen LogP contribution in [-0.2, 0) is 0 Å². The van der Waals surface area contributed by atoms with Gasteiger partial charge in [-0.05, 0) is 12.5 Å². The highest BCUT2D eigenvalue weighted by Gasteiger charge is 2.03. The summed E-state index contributed by atoms with van der Waals surface area (Å²) in [4.78, 5) is 0. The van der Waals surface area contributed by atoms with E-state index in [9.17, 15) is 4.39 Å². The van der Waals surface area contributed by atoms with Crippen molar-refractivity contribution < 1.29 is 8.81 Å². The third kappa shape index (κ3) is 1.02. The fourth-order valence-corrected chi connectivity index (χ4v) is 0.598. The summed E-state index contributed by atoms with van der Waals surface area (Å²) in [5.74, 6) is -0.0995. The standard InChI is InChI=1S/C7H7FO/c1-5(2)7-6(8)3-4-9-7/h3-4H,1H2,2H3. The Bertz CT molecular complexity index is 225. The predicted octanol–water partition coefficient (Wildman–Crippen LogP) is 2.45. The zero-order valence-corrected chi connectivity index (χ0v) is 5.15. The first-order valence-corrected chi connectivity index (χ1v) is 2.60. The summed E-state index contributed by atoms with van der Waals surface area (Å²) < 4.78 is 17.2. The minimum atomic E-state index is -0.345. The molecule has 0 aliphatic rings. The molecule has 0 aromatic carbocycles. The second-order valence-corrected chi connectivity index (χ2v) is 1.88. The lowest BCUT2D eigenvalue weighted by atomic mass is 10.3. The molecule has 1 aromatic heterocycles. The summed E-state index contributed by atoms with van der Waals surface area (Å²) in [6, 6.07) is 1.27. The predicted molar refractivity (Wildman–Crippen MR) is 33.4 cm³/mol. The van der Waals surface area contributed by atoms with E-state index in [1.807, 2.05) is 0 Å². The largest absolute Gasteiger partial charge is 0.462 e. The van der Waals surface area contributed by atoms with Crippen LogP contribution in [-0.4, -0.2) is 0 Å². The Morgan fingerprint density at radius 2 is 2.44 bits per heavy atom. The molecule has 9 heavy (non-hydrogen) atoms. The second-order valence-electron chi connectivity index (χ2n) is 1.88. The number of allylic oxidation sites excluding steroid dienone is 1. The zero-order valence-electron chi connectivity index (χ0n) is 5.15. The van der Waals surface area contributed by atoms with Gasteiger partial charge in [-0.15, -0.1) is 0 Å². The molecule has 0 atom stereocenters. The maximum absolute atomic E-state index is 12.4. The fraction of sp³-hybridized carbons (Fsp3) is 0.143. The number of hydrogen-bond acceptors (Lipinski definition) is 1. The van der Waals surface area contributed by atoms with Gasteiger partial charge in [-0.1, -0.05) is 6.58 Å². The third-order valence-electron chi connectivity index (χ3n) is 1.00. The monoisotopic (exact) mass is 126 g/mol. The van der Waals surface area contributed by atoms with E-state index in [1.54, 1.807) is 6.92 Å². The van der Waals surface area contributed by atoms with Gasteiger partial charge < -0.3 is 4.42 Å². The van der Waals surface area contributed by atoms with Gasteiger partial charge in [0.1, 0.15) is 0 Å². The van der Waals surface area contributed by atoms with Crippen molar-refractivity contribution in [1.29, 1.82) is 0 Å². The van der Waals surface area contributed by atoms with E-state index in [4.69, 9.17) is 4.42 Å². The number of furan rings is 1. The van der Waals surface area contributed by atoms with Crippen molar-refractivity contribution >= 4 is 5.57 Å². The molecule has 0 aliphatic carbocycles. The molecule has 0 aliphatic heterocycles. The first kappa shape index (κ1) is 6.08. The van der Waals surface area contributed by atoms with E-state index < -0.39 is 0 Å². The average Bonchev–Trinajstić information content (AvgIpc) is 2.13. The first-order valence-electron chi connectivity index (χ1n) is 2.60. The van der Waals surface area contributed by atoms with Crippen molar-refractivity contribution in [1.82, 2.24) is 0 Å². The molecule has 48 valence electrons. The maximum atomic E-state index is 12.4. The Morgan fingerprint density at radius 1 is 1.78 bits per heavy atom. The van der Waals surface area contributed by atoms with E-state index in [-0.39, 0.29) is 11.6 Å². The van der Waals surface area contributed by atoms with Gasteiger partial charge in [-0.3, -0.25) is 0 Å². The normalized spacial score (nSPS) is 9.56. The molecular formula is C7H7FO. The van der Waals surface area contributed by atoms with Gasteiger partial charge in [-0.2, -0.15) is 0 Å². The Kier molecular flexibility index (Phi) is 1.39. The summed E-state index contributed by atoms with van der Waals surface area (Å²) in [5.41, 5.74) is 0.609. The Morgan fingerprint density at radius 3 is 2.67 bits per heavy atom. The van der Waals surface area contributed by atoms with Crippen molar-refractivity contribution in [3.05, 3.63) is 30.5 Å². The van der Waals surface area contributed by atoms with E-state index in [0.29, 0.717) is 5.57 Å². The molecule has 1 rings (SSSR count). The van der Waals surface area contributed by atoms with E-state index in [2.05, 4.69) is 6.58 Å². The summed E-state index contributed by atoms with van der Waals surface area (Å²) in [5, 5.41) is 0. The van der Waals surface area contributed by atoms with E-state index in [0.717, 1.165) is 0 Å². The van der Waals surface area contributed by atoms with Crippen LogP contribution in [0.3, 0.4) is 0 Å². The molecule has 1 aromatic rings. The van der Waals surface area contributed by atoms with Crippen LogP contribution in [0.1, 0.15) is 12.7 Å². The van der Waals surface area contributed by atoms with Crippen LogP contribution in [0.2, 0.25) is 0 Å². The molecule has 0 fully saturated rings. The van der Waals surface area contributed by atoms with Gasteiger partial charge in [0.2, 0.25) is 0 Å². The van der Waals surface area contributed by atoms with Gasteiger partial charge >= 0.3 is 0 Å². The van der Waals surface area contributed by atoms with Gasteiger partial charge in [0.15, 0.2) is 11.6 Å². The van der Waals surface area contributed by atoms with Crippen LogP contribution >= 0.6 is 0 Å². The highest BCUT2D eigenvalue weighted by Crippen LogP contribution is 2.15. The summed E-state index contributed by atoms with van der Waals surface area (Å²) in [7, 11) is 0. The molecule has 0 radical (unpaired) electrons. The molecule has 0 saturated carbocycles. The third-order valence-corrected chi connectivity index (χ3v) is 1.00.